The van der Waals surface area contributed by atoms with E-state index >= 15 is 0 Å². The first-order valence-electron chi connectivity index (χ1n) is 6.47. The highest BCUT2D eigenvalue weighted by Crippen LogP contribution is 2.18. The van der Waals surface area contributed by atoms with Gasteiger partial charge in [-0.05, 0) is 32.9 Å². The number of nitrogens with zero attached hydrogens (tertiary/aromatic N) is 2. The van der Waals surface area contributed by atoms with Gasteiger partial charge in [-0.2, -0.15) is 0 Å². The maximum atomic E-state index is 12.0. The Balaban J connectivity index is 2.58. The quantitative estimate of drug-likeness (QED) is 0.663. The van der Waals surface area contributed by atoms with Crippen LogP contribution < -0.4 is 10.2 Å². The summed E-state index contributed by atoms with van der Waals surface area (Å²) in [6.07, 6.45) is 0.380. The Bertz CT molecular complexity index is 477. The molecule has 0 unspecified atom stereocenters. The smallest absolute Gasteiger partial charge is 0.269 e. The van der Waals surface area contributed by atoms with E-state index in [2.05, 4.69) is 5.32 Å². The molecule has 0 aliphatic heterocycles. The van der Waals surface area contributed by atoms with Crippen molar-refractivity contribution in [2.45, 2.75) is 32.7 Å². The van der Waals surface area contributed by atoms with Gasteiger partial charge in [-0.15, -0.1) is 0 Å². The lowest BCUT2D eigenvalue weighted by Crippen LogP contribution is -2.38. The third-order valence-corrected chi connectivity index (χ3v) is 2.82. The molecule has 0 atom stereocenters. The molecule has 110 valence electrons. The van der Waals surface area contributed by atoms with Gasteiger partial charge >= 0.3 is 0 Å². The van der Waals surface area contributed by atoms with E-state index in [9.17, 15) is 14.9 Å². The molecule has 0 aliphatic rings. The summed E-state index contributed by atoms with van der Waals surface area (Å²) >= 11 is 0. The molecule has 1 rings (SSSR count). The summed E-state index contributed by atoms with van der Waals surface area (Å²) in [7, 11) is 1.67. The Morgan fingerprint density at radius 3 is 2.30 bits per heavy atom. The molecule has 1 amide bonds. The van der Waals surface area contributed by atoms with Crippen LogP contribution in [0.4, 0.5) is 11.4 Å². The van der Waals surface area contributed by atoms with Crippen LogP contribution in [-0.4, -0.2) is 30.0 Å². The molecule has 0 aliphatic carbocycles. The van der Waals surface area contributed by atoms with Crippen LogP contribution in [0.5, 0.6) is 0 Å². The molecular weight excluding hydrogens is 258 g/mol. The maximum absolute atomic E-state index is 12.0. The average molecular weight is 279 g/mol. The van der Waals surface area contributed by atoms with E-state index in [0.29, 0.717) is 18.7 Å². The molecule has 0 radical (unpaired) electrons. The van der Waals surface area contributed by atoms with Crippen molar-refractivity contribution in [2.24, 2.45) is 0 Å². The fraction of sp³-hybridized carbons (Fsp3) is 0.500. The van der Waals surface area contributed by atoms with Crippen molar-refractivity contribution in [2.75, 3.05) is 18.5 Å². The molecule has 0 bridgehead atoms. The fourth-order valence-electron chi connectivity index (χ4n) is 1.65. The number of rotatable bonds is 5. The van der Waals surface area contributed by atoms with Gasteiger partial charge in [0.1, 0.15) is 0 Å². The summed E-state index contributed by atoms with van der Waals surface area (Å²) in [6, 6.07) is 5.94. The minimum absolute atomic E-state index is 0.0176. The van der Waals surface area contributed by atoms with E-state index in [-0.39, 0.29) is 17.1 Å². The molecule has 0 spiro atoms. The molecule has 1 aromatic carbocycles. The van der Waals surface area contributed by atoms with Gasteiger partial charge in [-0.1, -0.05) is 0 Å². The number of carbonyl (C=O) groups excluding carboxylic acids is 1. The molecule has 1 aromatic rings. The van der Waals surface area contributed by atoms with Crippen molar-refractivity contribution in [3.8, 4) is 0 Å². The zero-order chi connectivity index (χ0) is 15.3. The van der Waals surface area contributed by atoms with Crippen molar-refractivity contribution < 1.29 is 9.72 Å². The molecule has 1 N–H and O–H groups in total. The normalized spacial score (nSPS) is 11.2. The minimum atomic E-state index is -0.459. The molecule has 6 heteroatoms. The van der Waals surface area contributed by atoms with Gasteiger partial charge < -0.3 is 10.2 Å². The average Bonchev–Trinajstić information content (AvgIpc) is 2.36. The van der Waals surface area contributed by atoms with E-state index in [4.69, 9.17) is 0 Å². The van der Waals surface area contributed by atoms with Crippen LogP contribution in [0.2, 0.25) is 0 Å². The van der Waals surface area contributed by atoms with E-state index < -0.39 is 4.92 Å². The predicted octanol–water partition coefficient (Wildman–Crippen LogP) is 2.34. The van der Waals surface area contributed by atoms with Crippen LogP contribution in [0.25, 0.3) is 0 Å². The summed E-state index contributed by atoms with van der Waals surface area (Å²) < 4.78 is 0. The largest absolute Gasteiger partial charge is 0.315 e. The first-order valence-corrected chi connectivity index (χ1v) is 6.47. The zero-order valence-corrected chi connectivity index (χ0v) is 12.3. The van der Waals surface area contributed by atoms with Gasteiger partial charge in [0.15, 0.2) is 0 Å². The molecule has 20 heavy (non-hydrogen) atoms. The van der Waals surface area contributed by atoms with Crippen LogP contribution in [-0.2, 0) is 4.79 Å². The molecule has 0 heterocycles. The minimum Gasteiger partial charge on any atom is -0.315 e. The lowest BCUT2D eigenvalue weighted by Gasteiger charge is -2.22. The number of nitro groups is 1. The fourth-order valence-corrected chi connectivity index (χ4v) is 1.65. The van der Waals surface area contributed by atoms with Gasteiger partial charge in [0, 0.05) is 43.4 Å². The number of non-ortho nitro benzene ring substituents is 1. The number of anilines is 1. The highest BCUT2D eigenvalue weighted by Gasteiger charge is 2.14. The lowest BCUT2D eigenvalue weighted by molar-refractivity contribution is -0.384. The maximum Gasteiger partial charge on any atom is 0.269 e. The summed E-state index contributed by atoms with van der Waals surface area (Å²) in [5.41, 5.74) is 0.645. The molecule has 0 saturated heterocycles. The summed E-state index contributed by atoms with van der Waals surface area (Å²) in [6.45, 7) is 6.71. The van der Waals surface area contributed by atoms with Crippen LogP contribution >= 0.6 is 0 Å². The Labute approximate surface area is 118 Å². The van der Waals surface area contributed by atoms with Crippen molar-refractivity contribution in [1.82, 2.24) is 5.32 Å². The number of hydrogen-bond acceptors (Lipinski definition) is 4. The third kappa shape index (κ3) is 4.97. The number of nitrogens with one attached hydrogen (secondary N) is 1. The highest BCUT2D eigenvalue weighted by molar-refractivity contribution is 5.92. The second kappa shape index (κ2) is 6.47. The molecule has 0 aromatic heterocycles. The Hall–Kier alpha value is -1.95. The Kier molecular flexibility index (Phi) is 5.21. The summed E-state index contributed by atoms with van der Waals surface area (Å²) in [4.78, 5) is 23.6. The Morgan fingerprint density at radius 2 is 1.85 bits per heavy atom. The summed E-state index contributed by atoms with van der Waals surface area (Å²) in [5, 5.41) is 13.8. The number of hydrogen-bond donors (Lipinski definition) is 1. The van der Waals surface area contributed by atoms with Crippen LogP contribution in [0, 0.1) is 10.1 Å². The van der Waals surface area contributed by atoms with E-state index in [1.54, 1.807) is 19.2 Å². The standard InChI is InChI=1S/C14H21N3O3/c1-14(2,3)15-10-9-13(18)16(4)11-5-7-12(8-6-11)17(19)20/h5-8,15H,9-10H2,1-4H3. The summed E-state index contributed by atoms with van der Waals surface area (Å²) in [5.74, 6) is -0.0318. The van der Waals surface area contributed by atoms with Crippen molar-refractivity contribution in [3.63, 3.8) is 0 Å². The van der Waals surface area contributed by atoms with Crippen molar-refractivity contribution >= 4 is 17.3 Å². The highest BCUT2D eigenvalue weighted by atomic mass is 16.6. The van der Waals surface area contributed by atoms with E-state index in [1.807, 2.05) is 20.8 Å². The second-order valence-corrected chi connectivity index (χ2v) is 5.65. The zero-order valence-electron chi connectivity index (χ0n) is 12.3. The van der Waals surface area contributed by atoms with Crippen LogP contribution in [0.3, 0.4) is 0 Å². The number of amides is 1. The van der Waals surface area contributed by atoms with Crippen LogP contribution in [0.1, 0.15) is 27.2 Å². The van der Waals surface area contributed by atoms with Gasteiger partial charge in [0.2, 0.25) is 5.91 Å². The molecule has 0 saturated carbocycles. The van der Waals surface area contributed by atoms with Gasteiger partial charge in [0.25, 0.3) is 5.69 Å². The van der Waals surface area contributed by atoms with E-state index in [0.717, 1.165) is 0 Å². The molecular formula is C14H21N3O3. The predicted molar refractivity (Wildman–Crippen MR) is 78.9 cm³/mol. The van der Waals surface area contributed by atoms with Crippen molar-refractivity contribution in [1.29, 1.82) is 0 Å². The second-order valence-electron chi connectivity index (χ2n) is 5.65. The third-order valence-electron chi connectivity index (χ3n) is 2.82. The van der Waals surface area contributed by atoms with Gasteiger partial charge in [-0.25, -0.2) is 0 Å². The first kappa shape index (κ1) is 16.1. The monoisotopic (exact) mass is 279 g/mol. The van der Waals surface area contributed by atoms with E-state index in [1.165, 1.54) is 17.0 Å². The SMILES string of the molecule is CN(C(=O)CCNC(C)(C)C)c1ccc([N+](=O)[O-])cc1. The molecule has 0 fully saturated rings. The molecule has 6 nitrogen and oxygen atoms in total. The lowest BCUT2D eigenvalue weighted by atomic mass is 10.1. The van der Waals surface area contributed by atoms with Gasteiger partial charge in [-0.3, -0.25) is 14.9 Å². The van der Waals surface area contributed by atoms with Crippen molar-refractivity contribution in [3.05, 3.63) is 34.4 Å². The number of nitro benzene ring substituents is 1. The number of carbonyl (C=O) groups is 1. The topological polar surface area (TPSA) is 75.5 Å². The Morgan fingerprint density at radius 1 is 1.30 bits per heavy atom. The van der Waals surface area contributed by atoms with Gasteiger partial charge in [0.05, 0.1) is 4.92 Å². The first-order chi connectivity index (χ1) is 9.20. The van der Waals surface area contributed by atoms with Crippen LogP contribution in [0.15, 0.2) is 24.3 Å². The number of benzene rings is 1.